The zero-order valence-electron chi connectivity index (χ0n) is 10.2. The Morgan fingerprint density at radius 3 is 2.89 bits per heavy atom. The molecule has 0 aliphatic rings. The molecule has 0 aromatic carbocycles. The highest BCUT2D eigenvalue weighted by molar-refractivity contribution is 6.34. The Hall–Kier alpha value is -1.80. The minimum atomic E-state index is -0.874. The van der Waals surface area contributed by atoms with E-state index in [2.05, 4.69) is 4.98 Å². The number of rotatable bonds is 5. The lowest BCUT2D eigenvalue weighted by molar-refractivity contribution is -0.140. The van der Waals surface area contributed by atoms with Crippen molar-refractivity contribution in [2.45, 2.75) is 13.8 Å². The van der Waals surface area contributed by atoms with E-state index in [-0.39, 0.29) is 5.02 Å². The van der Waals surface area contributed by atoms with Crippen LogP contribution >= 0.6 is 11.6 Å². The average molecular weight is 268 g/mol. The topological polar surface area (TPSA) is 77.2 Å². The largest absolute Gasteiger partial charge is 0.481 e. The molecule has 6 heteroatoms. The predicted molar refractivity (Wildman–Crippen MR) is 68.6 cm³/mol. The van der Waals surface area contributed by atoms with E-state index in [0.29, 0.717) is 24.5 Å². The lowest BCUT2D eigenvalue weighted by Gasteiger charge is -2.24. The fourth-order valence-electron chi connectivity index (χ4n) is 1.51. The maximum Gasteiger partial charge on any atom is 0.308 e. The van der Waals surface area contributed by atoms with Crippen molar-refractivity contribution in [1.82, 2.24) is 4.98 Å². The molecule has 1 aromatic heterocycles. The summed E-state index contributed by atoms with van der Waals surface area (Å²) in [6.07, 6.45) is 1.49. The van der Waals surface area contributed by atoms with E-state index in [1.807, 2.05) is 13.0 Å². The number of halogens is 1. The minimum Gasteiger partial charge on any atom is -0.481 e. The highest BCUT2D eigenvalue weighted by Gasteiger charge is 2.19. The van der Waals surface area contributed by atoms with Gasteiger partial charge in [-0.3, -0.25) is 4.79 Å². The van der Waals surface area contributed by atoms with Gasteiger partial charge in [0.05, 0.1) is 11.5 Å². The van der Waals surface area contributed by atoms with Crippen molar-refractivity contribution in [3.8, 4) is 6.07 Å². The van der Waals surface area contributed by atoms with Gasteiger partial charge < -0.3 is 10.0 Å². The van der Waals surface area contributed by atoms with Gasteiger partial charge in [0.25, 0.3) is 0 Å². The molecule has 0 spiro atoms. The summed E-state index contributed by atoms with van der Waals surface area (Å²) in [5.74, 6) is -0.958. The van der Waals surface area contributed by atoms with Gasteiger partial charge in [-0.1, -0.05) is 18.5 Å². The number of hydrogen-bond donors (Lipinski definition) is 1. The molecule has 1 N–H and O–H groups in total. The number of carboxylic acids is 1. The van der Waals surface area contributed by atoms with Crippen LogP contribution in [0.1, 0.15) is 19.4 Å². The summed E-state index contributed by atoms with van der Waals surface area (Å²) in [6, 6.07) is 3.50. The number of aliphatic carboxylic acids is 1. The number of nitrogens with zero attached hydrogens (tertiary/aromatic N) is 3. The van der Waals surface area contributed by atoms with Crippen molar-refractivity contribution in [3.63, 3.8) is 0 Å². The second-order valence-electron chi connectivity index (χ2n) is 3.89. The van der Waals surface area contributed by atoms with Crippen LogP contribution in [0.2, 0.25) is 5.02 Å². The van der Waals surface area contributed by atoms with Crippen LogP contribution in [-0.4, -0.2) is 29.1 Å². The number of pyridine rings is 1. The quantitative estimate of drug-likeness (QED) is 0.884. The van der Waals surface area contributed by atoms with Crippen molar-refractivity contribution >= 4 is 23.4 Å². The van der Waals surface area contributed by atoms with Gasteiger partial charge in [-0.05, 0) is 13.0 Å². The molecule has 0 aliphatic heterocycles. The Kier molecular flexibility index (Phi) is 4.93. The Balaban J connectivity index is 3.03. The molecule has 0 bridgehead atoms. The van der Waals surface area contributed by atoms with Crippen LogP contribution in [0, 0.1) is 17.2 Å². The summed E-state index contributed by atoms with van der Waals surface area (Å²) in [4.78, 5) is 16.7. The third kappa shape index (κ3) is 3.11. The van der Waals surface area contributed by atoms with Gasteiger partial charge in [0.1, 0.15) is 16.9 Å². The number of aromatic nitrogens is 1. The summed E-state index contributed by atoms with van der Waals surface area (Å²) >= 11 is 6.07. The summed E-state index contributed by atoms with van der Waals surface area (Å²) < 4.78 is 0. The molecule has 0 saturated carbocycles. The number of hydrogen-bond acceptors (Lipinski definition) is 4. The van der Waals surface area contributed by atoms with Crippen LogP contribution in [0.5, 0.6) is 0 Å². The van der Waals surface area contributed by atoms with E-state index in [9.17, 15) is 4.79 Å². The average Bonchev–Trinajstić information content (AvgIpc) is 2.36. The zero-order valence-corrected chi connectivity index (χ0v) is 11.0. The lowest BCUT2D eigenvalue weighted by atomic mass is 10.1. The molecule has 0 saturated heterocycles. The second-order valence-corrected chi connectivity index (χ2v) is 4.26. The van der Waals surface area contributed by atoms with Gasteiger partial charge in [-0.2, -0.15) is 5.26 Å². The van der Waals surface area contributed by atoms with Crippen LogP contribution in [0.4, 0.5) is 5.82 Å². The van der Waals surface area contributed by atoms with Crippen molar-refractivity contribution in [3.05, 3.63) is 22.8 Å². The van der Waals surface area contributed by atoms with Gasteiger partial charge in [0.2, 0.25) is 0 Å². The van der Waals surface area contributed by atoms with Crippen LogP contribution in [0.3, 0.4) is 0 Å². The third-order valence-electron chi connectivity index (χ3n) is 2.59. The summed E-state index contributed by atoms with van der Waals surface area (Å²) in [5, 5.41) is 18.1. The Labute approximate surface area is 111 Å². The fourth-order valence-corrected chi connectivity index (χ4v) is 1.79. The van der Waals surface area contributed by atoms with E-state index in [0.717, 1.165) is 0 Å². The van der Waals surface area contributed by atoms with Crippen LogP contribution < -0.4 is 4.90 Å². The molecule has 1 rings (SSSR count). The third-order valence-corrected chi connectivity index (χ3v) is 2.96. The van der Waals surface area contributed by atoms with Crippen molar-refractivity contribution in [1.29, 1.82) is 5.26 Å². The number of carbonyl (C=O) groups is 1. The van der Waals surface area contributed by atoms with Gasteiger partial charge in [-0.15, -0.1) is 0 Å². The normalized spacial score (nSPS) is 11.7. The monoisotopic (exact) mass is 267 g/mol. The summed E-state index contributed by atoms with van der Waals surface area (Å²) in [5.41, 5.74) is 0.336. The first-order chi connectivity index (χ1) is 8.51. The molecule has 5 nitrogen and oxygen atoms in total. The number of carboxylic acid groups (broad SMARTS) is 1. The highest BCUT2D eigenvalue weighted by atomic mass is 35.5. The standard InChI is InChI=1S/C12H14ClN3O2/c1-3-16(7-8(2)12(17)18)11-10(13)9(6-14)4-5-15-11/h4-5,8H,3,7H2,1-2H3,(H,17,18). The SMILES string of the molecule is CCN(CC(C)C(=O)O)c1nccc(C#N)c1Cl. The highest BCUT2D eigenvalue weighted by Crippen LogP contribution is 2.26. The molecule has 1 aromatic rings. The summed E-state index contributed by atoms with van der Waals surface area (Å²) in [7, 11) is 0. The molecule has 1 heterocycles. The number of nitriles is 1. The van der Waals surface area contributed by atoms with E-state index < -0.39 is 11.9 Å². The Bertz CT molecular complexity index is 485. The van der Waals surface area contributed by atoms with Gasteiger partial charge in [0, 0.05) is 19.3 Å². The molecule has 96 valence electrons. The number of anilines is 1. The van der Waals surface area contributed by atoms with Gasteiger partial charge in [-0.25, -0.2) is 4.98 Å². The van der Waals surface area contributed by atoms with Crippen LogP contribution in [0.25, 0.3) is 0 Å². The molecule has 18 heavy (non-hydrogen) atoms. The Morgan fingerprint density at radius 2 is 2.39 bits per heavy atom. The van der Waals surface area contributed by atoms with Gasteiger partial charge >= 0.3 is 5.97 Å². The van der Waals surface area contributed by atoms with Gasteiger partial charge in [0.15, 0.2) is 0 Å². The zero-order chi connectivity index (χ0) is 13.7. The molecule has 1 unspecified atom stereocenters. The lowest BCUT2D eigenvalue weighted by Crippen LogP contribution is -2.32. The van der Waals surface area contributed by atoms with Crippen LogP contribution in [-0.2, 0) is 4.79 Å². The maximum absolute atomic E-state index is 10.9. The van der Waals surface area contributed by atoms with Crippen LogP contribution in [0.15, 0.2) is 12.3 Å². The summed E-state index contributed by atoms with van der Waals surface area (Å²) in [6.45, 7) is 4.37. The maximum atomic E-state index is 10.9. The molecule has 0 fully saturated rings. The first-order valence-corrected chi connectivity index (χ1v) is 5.91. The minimum absolute atomic E-state index is 0.263. The molecule has 0 amide bonds. The predicted octanol–water partition coefficient (Wildman–Crippen LogP) is 2.15. The van der Waals surface area contributed by atoms with E-state index in [1.54, 1.807) is 11.8 Å². The fraction of sp³-hybridized carbons (Fsp3) is 0.417. The molecular formula is C12H14ClN3O2. The molecule has 1 atom stereocenters. The van der Waals surface area contributed by atoms with E-state index in [4.69, 9.17) is 22.0 Å². The Morgan fingerprint density at radius 1 is 1.72 bits per heavy atom. The first kappa shape index (κ1) is 14.3. The van der Waals surface area contributed by atoms with E-state index in [1.165, 1.54) is 12.3 Å². The molecule has 0 aliphatic carbocycles. The van der Waals surface area contributed by atoms with Crippen molar-refractivity contribution < 1.29 is 9.90 Å². The van der Waals surface area contributed by atoms with E-state index >= 15 is 0 Å². The smallest absolute Gasteiger partial charge is 0.308 e. The van der Waals surface area contributed by atoms with Crippen molar-refractivity contribution in [2.24, 2.45) is 5.92 Å². The molecular weight excluding hydrogens is 254 g/mol. The first-order valence-electron chi connectivity index (χ1n) is 5.53. The molecule has 0 radical (unpaired) electrons. The second kappa shape index (κ2) is 6.22. The van der Waals surface area contributed by atoms with Crippen molar-refractivity contribution in [2.75, 3.05) is 18.0 Å².